The molecule has 0 aromatic carbocycles. The predicted molar refractivity (Wildman–Crippen MR) is 73.7 cm³/mol. The van der Waals surface area contributed by atoms with E-state index in [1.165, 1.54) is 0 Å². The molecular formula is C13H17N3O2S. The average molecular weight is 279 g/mol. The van der Waals surface area contributed by atoms with Crippen molar-refractivity contribution in [2.75, 3.05) is 11.5 Å². The Bertz CT molecular complexity index is 692. The Morgan fingerprint density at radius 2 is 2.11 bits per heavy atom. The predicted octanol–water partition coefficient (Wildman–Crippen LogP) is 1.09. The largest absolute Gasteiger partial charge is 0.326 e. The molecule has 0 bridgehead atoms. The van der Waals surface area contributed by atoms with Gasteiger partial charge in [-0.05, 0) is 24.5 Å². The number of nitrogens with zero attached hydrogens (tertiary/aromatic N) is 2. The standard InChI is InChI=1S/C13H17N3O2S/c14-8-11-2-1-5-16-12(11)9-15-13(16)10-3-6-19(17,18)7-4-10/h1-2,5,9-10H,3-4,6-8,14H2. The van der Waals surface area contributed by atoms with E-state index >= 15 is 0 Å². The van der Waals surface area contributed by atoms with Gasteiger partial charge >= 0.3 is 0 Å². The van der Waals surface area contributed by atoms with Crippen molar-refractivity contribution in [2.45, 2.75) is 25.3 Å². The highest BCUT2D eigenvalue weighted by Crippen LogP contribution is 2.29. The summed E-state index contributed by atoms with van der Waals surface area (Å²) in [5.74, 6) is 1.71. The number of sulfone groups is 1. The molecule has 19 heavy (non-hydrogen) atoms. The van der Waals surface area contributed by atoms with E-state index in [0.717, 1.165) is 16.9 Å². The topological polar surface area (TPSA) is 77.5 Å². The number of hydrogen-bond donors (Lipinski definition) is 1. The van der Waals surface area contributed by atoms with Crippen molar-refractivity contribution in [3.8, 4) is 0 Å². The van der Waals surface area contributed by atoms with Crippen LogP contribution in [0, 0.1) is 0 Å². The normalized spacial score (nSPS) is 19.8. The summed E-state index contributed by atoms with van der Waals surface area (Å²) in [4.78, 5) is 4.49. The Morgan fingerprint density at radius 1 is 1.37 bits per heavy atom. The minimum absolute atomic E-state index is 0.221. The Hall–Kier alpha value is -1.40. The third-order valence-electron chi connectivity index (χ3n) is 3.83. The summed E-state index contributed by atoms with van der Waals surface area (Å²) in [5, 5.41) is 0. The zero-order valence-corrected chi connectivity index (χ0v) is 11.4. The van der Waals surface area contributed by atoms with E-state index in [-0.39, 0.29) is 17.4 Å². The number of aromatic nitrogens is 2. The highest BCUT2D eigenvalue weighted by molar-refractivity contribution is 7.91. The first kappa shape index (κ1) is 12.6. The molecule has 1 aliphatic heterocycles. The van der Waals surface area contributed by atoms with E-state index < -0.39 is 9.84 Å². The second-order valence-electron chi connectivity index (χ2n) is 5.04. The maximum atomic E-state index is 11.5. The zero-order valence-electron chi connectivity index (χ0n) is 10.6. The second-order valence-corrected chi connectivity index (χ2v) is 7.34. The summed E-state index contributed by atoms with van der Waals surface area (Å²) in [7, 11) is -2.83. The van der Waals surface area contributed by atoms with E-state index in [1.54, 1.807) is 0 Å². The van der Waals surface area contributed by atoms with E-state index in [0.29, 0.717) is 19.4 Å². The van der Waals surface area contributed by atoms with Gasteiger partial charge in [0.25, 0.3) is 0 Å². The number of rotatable bonds is 2. The van der Waals surface area contributed by atoms with Gasteiger partial charge < -0.3 is 10.1 Å². The fourth-order valence-electron chi connectivity index (χ4n) is 2.72. The highest BCUT2D eigenvalue weighted by Gasteiger charge is 2.27. The number of pyridine rings is 1. The summed E-state index contributed by atoms with van der Waals surface area (Å²) in [6.45, 7) is 0.481. The first-order chi connectivity index (χ1) is 9.11. The molecular weight excluding hydrogens is 262 g/mol. The van der Waals surface area contributed by atoms with Crippen molar-refractivity contribution in [1.82, 2.24) is 9.38 Å². The van der Waals surface area contributed by atoms with E-state index in [4.69, 9.17) is 5.73 Å². The molecule has 0 radical (unpaired) electrons. The van der Waals surface area contributed by atoms with Crippen molar-refractivity contribution in [3.63, 3.8) is 0 Å². The molecule has 2 aromatic heterocycles. The summed E-state index contributed by atoms with van der Waals surface area (Å²) in [6, 6.07) is 3.95. The van der Waals surface area contributed by atoms with Crippen LogP contribution in [0.4, 0.5) is 0 Å². The Kier molecular flexibility index (Phi) is 3.06. The molecule has 6 heteroatoms. The Morgan fingerprint density at radius 3 is 2.79 bits per heavy atom. The Balaban J connectivity index is 1.98. The van der Waals surface area contributed by atoms with Gasteiger partial charge in [-0.1, -0.05) is 6.07 Å². The van der Waals surface area contributed by atoms with Crippen LogP contribution in [0.3, 0.4) is 0 Å². The van der Waals surface area contributed by atoms with Crippen LogP contribution in [0.5, 0.6) is 0 Å². The van der Waals surface area contributed by atoms with Gasteiger partial charge in [-0.25, -0.2) is 13.4 Å². The van der Waals surface area contributed by atoms with Crippen molar-refractivity contribution < 1.29 is 8.42 Å². The van der Waals surface area contributed by atoms with Crippen LogP contribution >= 0.6 is 0 Å². The molecule has 3 heterocycles. The fraction of sp³-hybridized carbons (Fsp3) is 0.462. The average Bonchev–Trinajstić information content (AvgIpc) is 2.82. The molecule has 1 fully saturated rings. The first-order valence-electron chi connectivity index (χ1n) is 6.46. The van der Waals surface area contributed by atoms with Crippen LogP contribution in [-0.4, -0.2) is 29.3 Å². The van der Waals surface area contributed by atoms with Crippen LogP contribution in [0.25, 0.3) is 5.52 Å². The lowest BCUT2D eigenvalue weighted by molar-refractivity contribution is 0.536. The van der Waals surface area contributed by atoms with Gasteiger partial charge in [0.05, 0.1) is 23.2 Å². The molecule has 0 spiro atoms. The molecule has 0 unspecified atom stereocenters. The van der Waals surface area contributed by atoms with Crippen molar-refractivity contribution in [1.29, 1.82) is 0 Å². The molecule has 2 N–H and O–H groups in total. The molecule has 1 aliphatic rings. The number of fused-ring (bicyclic) bond motifs is 1. The van der Waals surface area contributed by atoms with Gasteiger partial charge in [-0.2, -0.15) is 0 Å². The summed E-state index contributed by atoms with van der Waals surface area (Å²) < 4.78 is 25.0. The van der Waals surface area contributed by atoms with Gasteiger partial charge in [-0.15, -0.1) is 0 Å². The van der Waals surface area contributed by atoms with Crippen LogP contribution < -0.4 is 5.73 Å². The monoisotopic (exact) mass is 279 g/mol. The second kappa shape index (κ2) is 4.61. The molecule has 0 amide bonds. The third-order valence-corrected chi connectivity index (χ3v) is 5.54. The number of hydrogen-bond acceptors (Lipinski definition) is 4. The van der Waals surface area contributed by atoms with Crippen LogP contribution in [0.1, 0.15) is 30.1 Å². The molecule has 1 saturated heterocycles. The minimum atomic E-state index is -2.83. The third kappa shape index (κ3) is 2.26. The molecule has 102 valence electrons. The van der Waals surface area contributed by atoms with Crippen LogP contribution in [0.15, 0.2) is 24.5 Å². The Labute approximate surface area is 112 Å². The van der Waals surface area contributed by atoms with Crippen molar-refractivity contribution >= 4 is 15.4 Å². The smallest absolute Gasteiger partial charge is 0.150 e. The van der Waals surface area contributed by atoms with Crippen LogP contribution in [-0.2, 0) is 16.4 Å². The van der Waals surface area contributed by atoms with E-state index in [2.05, 4.69) is 4.98 Å². The summed E-state index contributed by atoms with van der Waals surface area (Å²) >= 11 is 0. The van der Waals surface area contributed by atoms with E-state index in [9.17, 15) is 8.42 Å². The lowest BCUT2D eigenvalue weighted by Crippen LogP contribution is -2.23. The quantitative estimate of drug-likeness (QED) is 0.892. The van der Waals surface area contributed by atoms with Gasteiger partial charge in [0.1, 0.15) is 15.7 Å². The molecule has 0 saturated carbocycles. The lowest BCUT2D eigenvalue weighted by atomic mass is 10.0. The van der Waals surface area contributed by atoms with Crippen molar-refractivity contribution in [2.24, 2.45) is 5.73 Å². The van der Waals surface area contributed by atoms with Gasteiger partial charge in [0.15, 0.2) is 0 Å². The van der Waals surface area contributed by atoms with Gasteiger partial charge in [-0.3, -0.25) is 0 Å². The molecule has 2 aromatic rings. The summed E-state index contributed by atoms with van der Waals surface area (Å²) in [6.07, 6.45) is 5.13. The minimum Gasteiger partial charge on any atom is -0.326 e. The fourth-order valence-corrected chi connectivity index (χ4v) is 4.21. The first-order valence-corrected chi connectivity index (χ1v) is 8.28. The number of nitrogens with two attached hydrogens (primary N) is 1. The maximum absolute atomic E-state index is 11.5. The summed E-state index contributed by atoms with van der Waals surface area (Å²) in [5.41, 5.74) is 7.80. The zero-order chi connectivity index (χ0) is 13.5. The van der Waals surface area contributed by atoms with Gasteiger partial charge in [0, 0.05) is 18.7 Å². The maximum Gasteiger partial charge on any atom is 0.150 e. The van der Waals surface area contributed by atoms with Crippen molar-refractivity contribution in [3.05, 3.63) is 35.9 Å². The van der Waals surface area contributed by atoms with E-state index in [1.807, 2.05) is 28.9 Å². The van der Waals surface area contributed by atoms with Gasteiger partial charge in [0.2, 0.25) is 0 Å². The molecule has 0 atom stereocenters. The lowest BCUT2D eigenvalue weighted by Gasteiger charge is -2.21. The molecule has 3 rings (SSSR count). The molecule has 0 aliphatic carbocycles. The molecule has 5 nitrogen and oxygen atoms in total. The number of imidazole rings is 1. The SMILES string of the molecule is NCc1cccn2c(C3CCS(=O)(=O)CC3)ncc12. The van der Waals surface area contributed by atoms with Crippen LogP contribution in [0.2, 0.25) is 0 Å². The highest BCUT2D eigenvalue weighted by atomic mass is 32.2.